The predicted octanol–water partition coefficient (Wildman–Crippen LogP) is 3.33. The minimum atomic E-state index is 0.0903. The van der Waals surface area contributed by atoms with Gasteiger partial charge in [0.25, 0.3) is 0 Å². The molecule has 0 saturated heterocycles. The molecular formula is C17H14BrN3O. The Morgan fingerprint density at radius 3 is 2.77 bits per heavy atom. The molecule has 2 aliphatic heterocycles. The zero-order valence-corrected chi connectivity index (χ0v) is 13.5. The molecule has 0 bridgehead atoms. The molecule has 2 heterocycles. The number of guanidine groups is 1. The molecule has 0 saturated carbocycles. The first-order valence-electron chi connectivity index (χ1n) is 7.21. The summed E-state index contributed by atoms with van der Waals surface area (Å²) in [7, 11) is 0. The fourth-order valence-electron chi connectivity index (χ4n) is 2.98. The Balaban J connectivity index is 1.66. The van der Waals surface area contributed by atoms with Gasteiger partial charge in [-0.3, -0.25) is 9.79 Å². The molecule has 2 aliphatic rings. The molecule has 0 unspecified atom stereocenters. The van der Waals surface area contributed by atoms with Crippen molar-refractivity contribution in [3.63, 3.8) is 0 Å². The molecule has 0 amide bonds. The van der Waals surface area contributed by atoms with E-state index in [1.807, 2.05) is 47.4 Å². The lowest BCUT2D eigenvalue weighted by Crippen LogP contribution is -2.38. The maximum atomic E-state index is 12.6. The average molecular weight is 356 g/mol. The van der Waals surface area contributed by atoms with Crippen LogP contribution in [0.1, 0.15) is 10.4 Å². The van der Waals surface area contributed by atoms with Gasteiger partial charge in [0.1, 0.15) is 0 Å². The molecule has 0 aliphatic carbocycles. The molecule has 22 heavy (non-hydrogen) atoms. The van der Waals surface area contributed by atoms with Crippen LogP contribution < -0.4 is 9.80 Å². The lowest BCUT2D eigenvalue weighted by Gasteiger charge is -2.18. The summed E-state index contributed by atoms with van der Waals surface area (Å²) in [5.74, 6) is 0.983. The number of carbonyl (C=O) groups is 1. The second kappa shape index (κ2) is 5.25. The fraction of sp³-hybridized carbons (Fsp3) is 0.176. The number of nitrogens with zero attached hydrogens (tertiary/aromatic N) is 3. The maximum Gasteiger partial charge on any atom is 0.206 e. The number of para-hydroxylation sites is 2. The SMILES string of the molecule is O=C(CN1C2=NCCN2c2ccccc21)c1cccc(Br)c1. The number of halogens is 1. The monoisotopic (exact) mass is 355 g/mol. The summed E-state index contributed by atoms with van der Waals surface area (Å²) in [6.07, 6.45) is 0. The first-order valence-corrected chi connectivity index (χ1v) is 8.01. The normalized spacial score (nSPS) is 15.6. The molecule has 0 aromatic heterocycles. The van der Waals surface area contributed by atoms with Crippen LogP contribution in [0.15, 0.2) is 58.0 Å². The van der Waals surface area contributed by atoms with Crippen LogP contribution in [0.25, 0.3) is 0 Å². The van der Waals surface area contributed by atoms with Crippen molar-refractivity contribution in [2.24, 2.45) is 4.99 Å². The quantitative estimate of drug-likeness (QED) is 0.792. The van der Waals surface area contributed by atoms with E-state index in [4.69, 9.17) is 0 Å². The number of anilines is 2. The summed E-state index contributed by atoms with van der Waals surface area (Å²) < 4.78 is 0.917. The highest BCUT2D eigenvalue weighted by Gasteiger charge is 2.35. The number of hydrogen-bond donors (Lipinski definition) is 0. The van der Waals surface area contributed by atoms with Crippen molar-refractivity contribution in [3.8, 4) is 0 Å². The third kappa shape index (κ3) is 2.13. The van der Waals surface area contributed by atoms with Gasteiger partial charge < -0.3 is 9.80 Å². The first kappa shape index (κ1) is 13.5. The zero-order valence-electron chi connectivity index (χ0n) is 11.9. The summed E-state index contributed by atoms with van der Waals surface area (Å²) in [4.78, 5) is 21.4. The highest BCUT2D eigenvalue weighted by molar-refractivity contribution is 9.10. The second-order valence-corrected chi connectivity index (χ2v) is 6.26. The first-order chi connectivity index (χ1) is 10.7. The number of fused-ring (bicyclic) bond motifs is 3. The average Bonchev–Trinajstić information content (AvgIpc) is 3.10. The van der Waals surface area contributed by atoms with Crippen LogP contribution in [-0.4, -0.2) is 31.4 Å². The summed E-state index contributed by atoms with van der Waals surface area (Å²) in [6.45, 7) is 1.97. The van der Waals surface area contributed by atoms with Crippen molar-refractivity contribution < 1.29 is 4.79 Å². The van der Waals surface area contributed by atoms with Crippen LogP contribution in [-0.2, 0) is 0 Å². The van der Waals surface area contributed by atoms with Gasteiger partial charge in [0.05, 0.1) is 24.5 Å². The van der Waals surface area contributed by atoms with E-state index >= 15 is 0 Å². The van der Waals surface area contributed by atoms with Crippen molar-refractivity contribution in [1.29, 1.82) is 0 Å². The minimum absolute atomic E-state index is 0.0903. The Hall–Kier alpha value is -2.14. The number of aliphatic imine (C=N–C) groups is 1. The highest BCUT2D eigenvalue weighted by atomic mass is 79.9. The van der Waals surface area contributed by atoms with E-state index in [1.165, 1.54) is 0 Å². The van der Waals surface area contributed by atoms with Crippen molar-refractivity contribution in [2.45, 2.75) is 0 Å². The Bertz CT molecular complexity index is 787. The van der Waals surface area contributed by atoms with E-state index in [1.54, 1.807) is 0 Å². The van der Waals surface area contributed by atoms with Crippen molar-refractivity contribution in [2.75, 3.05) is 29.4 Å². The Labute approximate surface area is 137 Å². The number of Topliss-reactive ketones (excluding diaryl/α,β-unsaturated/α-hetero) is 1. The molecule has 4 rings (SSSR count). The lowest BCUT2D eigenvalue weighted by atomic mass is 10.1. The van der Waals surface area contributed by atoms with Gasteiger partial charge in [0.15, 0.2) is 5.78 Å². The molecule has 2 aromatic carbocycles. The van der Waals surface area contributed by atoms with Crippen LogP contribution in [0.3, 0.4) is 0 Å². The van der Waals surface area contributed by atoms with Crippen LogP contribution in [0.5, 0.6) is 0 Å². The topological polar surface area (TPSA) is 35.9 Å². The number of hydrogen-bond acceptors (Lipinski definition) is 4. The molecule has 0 radical (unpaired) electrons. The van der Waals surface area contributed by atoms with Gasteiger partial charge in [0.2, 0.25) is 5.96 Å². The van der Waals surface area contributed by atoms with Crippen LogP contribution in [0.2, 0.25) is 0 Å². The Kier molecular flexibility index (Phi) is 3.22. The van der Waals surface area contributed by atoms with Gasteiger partial charge in [-0.1, -0.05) is 40.2 Å². The van der Waals surface area contributed by atoms with Gasteiger partial charge in [-0.25, -0.2) is 0 Å². The molecular weight excluding hydrogens is 342 g/mol. The molecule has 0 spiro atoms. The highest BCUT2D eigenvalue weighted by Crippen LogP contribution is 2.38. The van der Waals surface area contributed by atoms with Crippen LogP contribution in [0.4, 0.5) is 11.4 Å². The van der Waals surface area contributed by atoms with E-state index in [2.05, 4.69) is 31.9 Å². The van der Waals surface area contributed by atoms with Gasteiger partial charge in [0, 0.05) is 16.6 Å². The molecule has 2 aromatic rings. The van der Waals surface area contributed by atoms with Gasteiger partial charge in [-0.05, 0) is 24.3 Å². The third-order valence-electron chi connectivity index (χ3n) is 3.97. The van der Waals surface area contributed by atoms with Gasteiger partial charge in [-0.2, -0.15) is 0 Å². The van der Waals surface area contributed by atoms with Crippen molar-refractivity contribution >= 4 is 39.0 Å². The zero-order chi connectivity index (χ0) is 15.1. The summed E-state index contributed by atoms with van der Waals surface area (Å²) >= 11 is 3.42. The lowest BCUT2D eigenvalue weighted by molar-refractivity contribution is 0.100. The molecule has 0 fully saturated rings. The van der Waals surface area contributed by atoms with E-state index in [0.717, 1.165) is 34.9 Å². The molecule has 4 nitrogen and oxygen atoms in total. The van der Waals surface area contributed by atoms with Crippen molar-refractivity contribution in [1.82, 2.24) is 0 Å². The molecule has 110 valence electrons. The minimum Gasteiger partial charge on any atom is -0.308 e. The number of benzene rings is 2. The number of carbonyl (C=O) groups excluding carboxylic acids is 1. The van der Waals surface area contributed by atoms with E-state index < -0.39 is 0 Å². The standard InChI is InChI=1S/C17H14BrN3O/c18-13-5-3-4-12(10-13)16(22)11-21-15-7-2-1-6-14(15)20-9-8-19-17(20)21/h1-7,10H,8-9,11H2. The summed E-state index contributed by atoms with van der Waals surface area (Å²) in [5, 5.41) is 0. The van der Waals surface area contributed by atoms with Gasteiger partial charge in [-0.15, -0.1) is 0 Å². The van der Waals surface area contributed by atoms with Crippen molar-refractivity contribution in [3.05, 3.63) is 58.6 Å². The largest absolute Gasteiger partial charge is 0.308 e. The van der Waals surface area contributed by atoms with Crippen LogP contribution >= 0.6 is 15.9 Å². The van der Waals surface area contributed by atoms with E-state index in [9.17, 15) is 4.79 Å². The Morgan fingerprint density at radius 1 is 1.14 bits per heavy atom. The smallest absolute Gasteiger partial charge is 0.206 e. The number of ketones is 1. The van der Waals surface area contributed by atoms with E-state index in [0.29, 0.717) is 12.1 Å². The molecule has 0 atom stereocenters. The fourth-order valence-corrected chi connectivity index (χ4v) is 3.37. The maximum absolute atomic E-state index is 12.6. The third-order valence-corrected chi connectivity index (χ3v) is 4.46. The predicted molar refractivity (Wildman–Crippen MR) is 91.9 cm³/mol. The number of rotatable bonds is 3. The molecule has 5 heteroatoms. The second-order valence-electron chi connectivity index (χ2n) is 5.34. The summed E-state index contributed by atoms with van der Waals surface area (Å²) in [5.41, 5.74) is 2.91. The Morgan fingerprint density at radius 2 is 1.95 bits per heavy atom. The van der Waals surface area contributed by atoms with E-state index in [-0.39, 0.29) is 5.78 Å². The molecule has 0 N–H and O–H groups in total. The van der Waals surface area contributed by atoms with Crippen LogP contribution in [0, 0.1) is 0 Å². The summed E-state index contributed by atoms with van der Waals surface area (Å²) in [6, 6.07) is 15.7. The van der Waals surface area contributed by atoms with Gasteiger partial charge >= 0.3 is 0 Å².